The minimum Gasteiger partial charge on any atom is -0.370 e. The van der Waals surface area contributed by atoms with Crippen LogP contribution >= 0.6 is 0 Å². The molecule has 1 aliphatic rings. The lowest BCUT2D eigenvalue weighted by molar-refractivity contribution is -0.119. The standard InChI is InChI=1S/C16H32N2O/c1-2-18-16(14-15(17)19)12-10-8-6-4-3-5-7-9-11-13-16/h18H,2-14H2,1H3,(H2,17,19). The quantitative estimate of drug-likeness (QED) is 0.819. The highest BCUT2D eigenvalue weighted by molar-refractivity contribution is 5.75. The van der Waals surface area contributed by atoms with Gasteiger partial charge in [-0.2, -0.15) is 0 Å². The predicted octanol–water partition coefficient (Wildman–Crippen LogP) is 3.51. The van der Waals surface area contributed by atoms with E-state index in [0.29, 0.717) is 6.42 Å². The maximum atomic E-state index is 11.4. The van der Waals surface area contributed by atoms with Crippen molar-refractivity contribution in [2.45, 2.75) is 89.5 Å². The van der Waals surface area contributed by atoms with E-state index in [-0.39, 0.29) is 11.4 Å². The molecule has 1 fully saturated rings. The fourth-order valence-electron chi connectivity index (χ4n) is 3.41. The van der Waals surface area contributed by atoms with Crippen LogP contribution in [-0.4, -0.2) is 18.0 Å². The van der Waals surface area contributed by atoms with Crippen LogP contribution < -0.4 is 11.1 Å². The van der Waals surface area contributed by atoms with E-state index in [2.05, 4.69) is 12.2 Å². The molecule has 3 nitrogen and oxygen atoms in total. The third kappa shape index (κ3) is 6.95. The van der Waals surface area contributed by atoms with Crippen molar-refractivity contribution in [1.29, 1.82) is 0 Å². The van der Waals surface area contributed by atoms with E-state index >= 15 is 0 Å². The first-order valence-corrected chi connectivity index (χ1v) is 8.22. The lowest BCUT2D eigenvalue weighted by Gasteiger charge is -2.34. The Hall–Kier alpha value is -0.570. The van der Waals surface area contributed by atoms with Crippen molar-refractivity contribution in [3.05, 3.63) is 0 Å². The fourth-order valence-corrected chi connectivity index (χ4v) is 3.41. The largest absolute Gasteiger partial charge is 0.370 e. The van der Waals surface area contributed by atoms with Gasteiger partial charge in [0.2, 0.25) is 5.91 Å². The van der Waals surface area contributed by atoms with Gasteiger partial charge >= 0.3 is 0 Å². The molecule has 3 heteroatoms. The van der Waals surface area contributed by atoms with Gasteiger partial charge in [-0.25, -0.2) is 0 Å². The maximum Gasteiger partial charge on any atom is 0.219 e. The molecular weight excluding hydrogens is 236 g/mol. The minimum absolute atomic E-state index is 0.0280. The Morgan fingerprint density at radius 2 is 1.37 bits per heavy atom. The molecule has 3 N–H and O–H groups in total. The van der Waals surface area contributed by atoms with Gasteiger partial charge in [0.1, 0.15) is 0 Å². The predicted molar refractivity (Wildman–Crippen MR) is 81.0 cm³/mol. The Bertz CT molecular complexity index is 241. The van der Waals surface area contributed by atoms with Crippen LogP contribution in [0.1, 0.15) is 84.0 Å². The van der Waals surface area contributed by atoms with Crippen molar-refractivity contribution in [3.8, 4) is 0 Å². The number of amides is 1. The Morgan fingerprint density at radius 3 is 1.74 bits per heavy atom. The van der Waals surface area contributed by atoms with E-state index < -0.39 is 0 Å². The average molecular weight is 268 g/mol. The molecule has 1 amide bonds. The van der Waals surface area contributed by atoms with Crippen molar-refractivity contribution in [2.75, 3.05) is 6.54 Å². The molecule has 0 aromatic carbocycles. The van der Waals surface area contributed by atoms with Gasteiger partial charge in [0.05, 0.1) is 0 Å². The lowest BCUT2D eigenvalue weighted by atomic mass is 9.82. The van der Waals surface area contributed by atoms with Gasteiger partial charge in [-0.15, -0.1) is 0 Å². The van der Waals surface area contributed by atoms with Gasteiger partial charge < -0.3 is 11.1 Å². The third-order valence-corrected chi connectivity index (χ3v) is 4.38. The summed E-state index contributed by atoms with van der Waals surface area (Å²) in [4.78, 5) is 11.4. The zero-order chi connectivity index (χ0) is 14.0. The average Bonchev–Trinajstić information content (AvgIpc) is 2.33. The zero-order valence-electron chi connectivity index (χ0n) is 12.7. The van der Waals surface area contributed by atoms with Crippen molar-refractivity contribution in [3.63, 3.8) is 0 Å². The monoisotopic (exact) mass is 268 g/mol. The number of carbonyl (C=O) groups is 1. The Balaban J connectivity index is 2.60. The molecule has 19 heavy (non-hydrogen) atoms. The van der Waals surface area contributed by atoms with Gasteiger partial charge in [0, 0.05) is 12.0 Å². The molecule has 0 radical (unpaired) electrons. The van der Waals surface area contributed by atoms with E-state index in [1.54, 1.807) is 0 Å². The normalized spacial score (nSPS) is 22.2. The van der Waals surface area contributed by atoms with Gasteiger partial charge in [-0.05, 0) is 19.4 Å². The van der Waals surface area contributed by atoms with Crippen molar-refractivity contribution < 1.29 is 4.79 Å². The molecule has 0 heterocycles. The first kappa shape index (κ1) is 16.5. The van der Waals surface area contributed by atoms with Gasteiger partial charge in [0.25, 0.3) is 0 Å². The summed E-state index contributed by atoms with van der Waals surface area (Å²) in [5, 5.41) is 3.58. The Labute approximate surface area is 118 Å². The number of rotatable bonds is 4. The highest BCUT2D eigenvalue weighted by Gasteiger charge is 2.30. The summed E-state index contributed by atoms with van der Waals surface area (Å²) < 4.78 is 0. The highest BCUT2D eigenvalue weighted by Crippen LogP contribution is 2.27. The number of carbonyl (C=O) groups excluding carboxylic acids is 1. The van der Waals surface area contributed by atoms with Crippen molar-refractivity contribution in [1.82, 2.24) is 5.32 Å². The first-order valence-electron chi connectivity index (χ1n) is 8.22. The Kier molecular flexibility index (Phi) is 8.11. The molecule has 0 aliphatic heterocycles. The molecule has 0 bridgehead atoms. The smallest absolute Gasteiger partial charge is 0.219 e. The molecular formula is C16H32N2O. The molecule has 1 saturated carbocycles. The lowest BCUT2D eigenvalue weighted by Crippen LogP contribution is -2.48. The fraction of sp³-hybridized carbons (Fsp3) is 0.938. The third-order valence-electron chi connectivity index (χ3n) is 4.38. The summed E-state index contributed by atoms with van der Waals surface area (Å²) in [5.74, 6) is -0.159. The molecule has 0 aromatic heterocycles. The summed E-state index contributed by atoms with van der Waals surface area (Å²) in [6.45, 7) is 3.05. The number of primary amides is 1. The topological polar surface area (TPSA) is 55.1 Å². The summed E-state index contributed by atoms with van der Waals surface area (Å²) in [6.07, 6.45) is 14.6. The number of nitrogens with one attached hydrogen (secondary N) is 1. The van der Waals surface area contributed by atoms with Crippen LogP contribution in [0.4, 0.5) is 0 Å². The molecule has 1 rings (SSSR count). The van der Waals surface area contributed by atoms with E-state index in [1.165, 1.54) is 57.8 Å². The second kappa shape index (κ2) is 9.35. The minimum atomic E-state index is -0.159. The van der Waals surface area contributed by atoms with Crippen LogP contribution in [0.3, 0.4) is 0 Å². The number of hydrogen-bond donors (Lipinski definition) is 2. The van der Waals surface area contributed by atoms with Gasteiger partial charge in [0.15, 0.2) is 0 Å². The van der Waals surface area contributed by atoms with Crippen LogP contribution in [0.15, 0.2) is 0 Å². The van der Waals surface area contributed by atoms with Crippen molar-refractivity contribution >= 4 is 5.91 Å². The molecule has 0 spiro atoms. The maximum absolute atomic E-state index is 11.4. The summed E-state index contributed by atoms with van der Waals surface area (Å²) in [5.41, 5.74) is 5.45. The molecule has 112 valence electrons. The summed E-state index contributed by atoms with van der Waals surface area (Å²) in [6, 6.07) is 0. The summed E-state index contributed by atoms with van der Waals surface area (Å²) in [7, 11) is 0. The molecule has 0 aromatic rings. The zero-order valence-corrected chi connectivity index (χ0v) is 12.7. The molecule has 0 atom stereocenters. The van der Waals surface area contributed by atoms with Crippen LogP contribution in [0.25, 0.3) is 0 Å². The van der Waals surface area contributed by atoms with Crippen molar-refractivity contribution in [2.24, 2.45) is 5.73 Å². The Morgan fingerprint density at radius 1 is 0.947 bits per heavy atom. The number of nitrogens with two attached hydrogens (primary N) is 1. The molecule has 1 aliphatic carbocycles. The first-order chi connectivity index (χ1) is 9.18. The highest BCUT2D eigenvalue weighted by atomic mass is 16.1. The second-order valence-electron chi connectivity index (χ2n) is 6.14. The van der Waals surface area contributed by atoms with E-state index in [4.69, 9.17) is 5.73 Å². The molecule has 0 saturated heterocycles. The van der Waals surface area contributed by atoms with Crippen LogP contribution in [0.5, 0.6) is 0 Å². The van der Waals surface area contributed by atoms with Crippen LogP contribution in [0.2, 0.25) is 0 Å². The van der Waals surface area contributed by atoms with E-state index in [0.717, 1.165) is 19.4 Å². The van der Waals surface area contributed by atoms with Crippen LogP contribution in [0, 0.1) is 0 Å². The second-order valence-corrected chi connectivity index (χ2v) is 6.14. The molecule has 0 unspecified atom stereocenters. The number of hydrogen-bond acceptors (Lipinski definition) is 2. The van der Waals surface area contributed by atoms with Crippen LogP contribution in [-0.2, 0) is 4.79 Å². The van der Waals surface area contributed by atoms with E-state index in [1.807, 2.05) is 0 Å². The van der Waals surface area contributed by atoms with Gasteiger partial charge in [-0.3, -0.25) is 4.79 Å². The SMILES string of the molecule is CCNC1(CC(N)=O)CCCCCCCCCCC1. The van der Waals surface area contributed by atoms with Gasteiger partial charge in [-0.1, -0.05) is 64.7 Å². The summed E-state index contributed by atoms with van der Waals surface area (Å²) >= 11 is 0. The van der Waals surface area contributed by atoms with E-state index in [9.17, 15) is 4.79 Å².